The molecule has 1 rings (SSSR count). The van der Waals surface area contributed by atoms with Gasteiger partial charge in [-0.1, -0.05) is 24.2 Å². The maximum atomic E-state index is 9.19. The zero-order valence-electron chi connectivity index (χ0n) is 10.0. The predicted molar refractivity (Wildman–Crippen MR) is 67.1 cm³/mol. The fraction of sp³-hybridized carbons (Fsp3) is 0.417. The number of hydrogen-bond acceptors (Lipinski definition) is 4. The number of oxime groups is 1. The lowest BCUT2D eigenvalue weighted by atomic mass is 10.2. The van der Waals surface area contributed by atoms with Crippen molar-refractivity contribution in [3.63, 3.8) is 0 Å². The third kappa shape index (κ3) is 4.74. The van der Waals surface area contributed by atoms with Crippen LogP contribution in [0.3, 0.4) is 0 Å². The van der Waals surface area contributed by atoms with E-state index in [1.165, 1.54) is 0 Å². The molecule has 1 aromatic carbocycles. The summed E-state index contributed by atoms with van der Waals surface area (Å²) in [5.74, 6) is 0.462. The van der Waals surface area contributed by atoms with Gasteiger partial charge in [0.05, 0.1) is 6.54 Å². The van der Waals surface area contributed by atoms with Crippen LogP contribution in [0, 0.1) is 0 Å². The minimum atomic E-state index is 0.206. The van der Waals surface area contributed by atoms with Crippen molar-refractivity contribution in [3.8, 4) is 5.75 Å². The van der Waals surface area contributed by atoms with E-state index in [-0.39, 0.29) is 11.6 Å². The highest BCUT2D eigenvalue weighted by Crippen LogP contribution is 2.11. The van der Waals surface area contributed by atoms with Gasteiger partial charge in [-0.25, -0.2) is 0 Å². The SMILES string of the molecule is CCCN(CC(N)=NO)Cc1ccc(O)cc1. The second-order valence-electron chi connectivity index (χ2n) is 3.97. The highest BCUT2D eigenvalue weighted by Gasteiger charge is 2.07. The molecule has 0 saturated carbocycles. The predicted octanol–water partition coefficient (Wildman–Crippen LogP) is 1.35. The lowest BCUT2D eigenvalue weighted by Crippen LogP contribution is -2.34. The van der Waals surface area contributed by atoms with Gasteiger partial charge in [-0.3, -0.25) is 4.90 Å². The van der Waals surface area contributed by atoms with E-state index in [9.17, 15) is 5.11 Å². The maximum absolute atomic E-state index is 9.19. The molecule has 0 unspecified atom stereocenters. The fourth-order valence-corrected chi connectivity index (χ4v) is 1.65. The van der Waals surface area contributed by atoms with Crippen LogP contribution < -0.4 is 5.73 Å². The Hall–Kier alpha value is -1.75. The normalized spacial score (nSPS) is 12.0. The molecule has 0 saturated heterocycles. The first-order valence-electron chi connectivity index (χ1n) is 5.62. The molecular weight excluding hydrogens is 218 g/mol. The largest absolute Gasteiger partial charge is 0.508 e. The highest BCUT2D eigenvalue weighted by atomic mass is 16.4. The summed E-state index contributed by atoms with van der Waals surface area (Å²) in [5.41, 5.74) is 6.59. The van der Waals surface area contributed by atoms with Crippen molar-refractivity contribution in [2.45, 2.75) is 19.9 Å². The molecule has 0 aromatic heterocycles. The minimum Gasteiger partial charge on any atom is -0.508 e. The molecule has 0 bridgehead atoms. The van der Waals surface area contributed by atoms with Gasteiger partial charge in [-0.05, 0) is 30.7 Å². The molecule has 94 valence electrons. The second kappa shape index (κ2) is 6.75. The highest BCUT2D eigenvalue weighted by molar-refractivity contribution is 5.81. The number of benzene rings is 1. The molecule has 5 heteroatoms. The summed E-state index contributed by atoms with van der Waals surface area (Å²) in [6.07, 6.45) is 0.997. The Balaban J connectivity index is 2.62. The zero-order chi connectivity index (χ0) is 12.7. The third-order valence-electron chi connectivity index (χ3n) is 2.40. The fourth-order valence-electron chi connectivity index (χ4n) is 1.65. The van der Waals surface area contributed by atoms with E-state index < -0.39 is 0 Å². The topological polar surface area (TPSA) is 82.1 Å². The second-order valence-corrected chi connectivity index (χ2v) is 3.97. The Morgan fingerprint density at radius 3 is 2.53 bits per heavy atom. The summed E-state index contributed by atoms with van der Waals surface area (Å²) < 4.78 is 0. The zero-order valence-corrected chi connectivity index (χ0v) is 10.0. The molecule has 4 N–H and O–H groups in total. The Bertz CT molecular complexity index is 363. The lowest BCUT2D eigenvalue weighted by Gasteiger charge is -2.20. The minimum absolute atomic E-state index is 0.206. The van der Waals surface area contributed by atoms with Crippen LogP contribution in [0.2, 0.25) is 0 Å². The molecule has 0 heterocycles. The Morgan fingerprint density at radius 2 is 2.00 bits per heavy atom. The molecule has 0 aliphatic carbocycles. The van der Waals surface area contributed by atoms with E-state index in [0.29, 0.717) is 13.1 Å². The molecule has 1 aromatic rings. The van der Waals surface area contributed by atoms with E-state index in [1.807, 2.05) is 12.1 Å². The number of amidine groups is 1. The summed E-state index contributed by atoms with van der Waals surface area (Å²) in [6.45, 7) is 4.10. The van der Waals surface area contributed by atoms with Crippen LogP contribution >= 0.6 is 0 Å². The smallest absolute Gasteiger partial charge is 0.153 e. The number of rotatable bonds is 6. The number of phenolic OH excluding ortho intramolecular Hbond substituents is 1. The summed E-state index contributed by atoms with van der Waals surface area (Å²) in [5, 5.41) is 20.7. The lowest BCUT2D eigenvalue weighted by molar-refractivity contribution is 0.286. The molecule has 0 aliphatic rings. The van der Waals surface area contributed by atoms with Crippen LogP contribution in [0.4, 0.5) is 0 Å². The van der Waals surface area contributed by atoms with Gasteiger partial charge in [0.1, 0.15) is 5.75 Å². The van der Waals surface area contributed by atoms with E-state index in [1.54, 1.807) is 12.1 Å². The number of aromatic hydroxyl groups is 1. The summed E-state index contributed by atoms with van der Waals surface area (Å²) in [4.78, 5) is 2.08. The molecule has 0 fully saturated rings. The van der Waals surface area contributed by atoms with Crippen LogP contribution in [-0.2, 0) is 6.54 Å². The van der Waals surface area contributed by atoms with Crippen molar-refractivity contribution in [1.82, 2.24) is 4.90 Å². The van der Waals surface area contributed by atoms with E-state index in [0.717, 1.165) is 18.5 Å². The van der Waals surface area contributed by atoms with Gasteiger partial charge in [-0.15, -0.1) is 0 Å². The van der Waals surface area contributed by atoms with Crippen LogP contribution in [0.5, 0.6) is 5.75 Å². The van der Waals surface area contributed by atoms with Gasteiger partial charge in [0, 0.05) is 6.54 Å². The number of nitrogens with two attached hydrogens (primary N) is 1. The molecule has 0 radical (unpaired) electrons. The van der Waals surface area contributed by atoms with Crippen molar-refractivity contribution < 1.29 is 10.3 Å². The van der Waals surface area contributed by atoms with E-state index in [4.69, 9.17) is 10.9 Å². The number of hydrogen-bond donors (Lipinski definition) is 3. The molecule has 0 spiro atoms. The summed E-state index contributed by atoms with van der Waals surface area (Å²) >= 11 is 0. The maximum Gasteiger partial charge on any atom is 0.153 e. The monoisotopic (exact) mass is 237 g/mol. The Labute approximate surface area is 101 Å². The van der Waals surface area contributed by atoms with Crippen LogP contribution in [0.25, 0.3) is 0 Å². The molecule has 0 amide bonds. The van der Waals surface area contributed by atoms with E-state index >= 15 is 0 Å². The molecule has 0 aliphatic heterocycles. The quantitative estimate of drug-likeness (QED) is 0.302. The average molecular weight is 237 g/mol. The summed E-state index contributed by atoms with van der Waals surface area (Å²) in [7, 11) is 0. The van der Waals surface area contributed by atoms with Crippen molar-refractivity contribution >= 4 is 5.84 Å². The average Bonchev–Trinajstić information content (AvgIpc) is 2.32. The van der Waals surface area contributed by atoms with Crippen molar-refractivity contribution in [3.05, 3.63) is 29.8 Å². The van der Waals surface area contributed by atoms with Gasteiger partial charge in [0.15, 0.2) is 5.84 Å². The number of phenols is 1. The Kier molecular flexibility index (Phi) is 5.29. The van der Waals surface area contributed by atoms with E-state index in [2.05, 4.69) is 17.0 Å². The third-order valence-corrected chi connectivity index (χ3v) is 2.40. The first kappa shape index (κ1) is 13.3. The molecule has 0 atom stereocenters. The van der Waals surface area contributed by atoms with Gasteiger partial charge >= 0.3 is 0 Å². The van der Waals surface area contributed by atoms with Gasteiger partial charge < -0.3 is 16.0 Å². The summed E-state index contributed by atoms with van der Waals surface area (Å²) in [6, 6.07) is 7.04. The number of nitrogens with zero attached hydrogens (tertiary/aromatic N) is 2. The van der Waals surface area contributed by atoms with Crippen molar-refractivity contribution in [1.29, 1.82) is 0 Å². The first-order chi connectivity index (χ1) is 8.15. The van der Waals surface area contributed by atoms with Gasteiger partial charge in [0.2, 0.25) is 0 Å². The van der Waals surface area contributed by atoms with Gasteiger partial charge in [-0.2, -0.15) is 0 Å². The van der Waals surface area contributed by atoms with Crippen molar-refractivity contribution in [2.24, 2.45) is 10.9 Å². The van der Waals surface area contributed by atoms with Crippen molar-refractivity contribution in [2.75, 3.05) is 13.1 Å². The van der Waals surface area contributed by atoms with Gasteiger partial charge in [0.25, 0.3) is 0 Å². The molecule has 17 heavy (non-hydrogen) atoms. The van der Waals surface area contributed by atoms with Crippen LogP contribution in [-0.4, -0.2) is 34.1 Å². The first-order valence-corrected chi connectivity index (χ1v) is 5.62. The standard InChI is InChI=1S/C12H19N3O2/c1-2-7-15(9-12(13)14-17)8-10-3-5-11(16)6-4-10/h3-6,16-17H,2,7-9H2,1H3,(H2,13,14). The van der Waals surface area contributed by atoms with Crippen LogP contribution in [0.1, 0.15) is 18.9 Å². The molecule has 5 nitrogen and oxygen atoms in total. The molecular formula is C12H19N3O2. The van der Waals surface area contributed by atoms with Crippen LogP contribution in [0.15, 0.2) is 29.4 Å². The Morgan fingerprint density at radius 1 is 1.35 bits per heavy atom.